The maximum atomic E-state index is 5.22. The molecule has 1 heterocycles. The summed E-state index contributed by atoms with van der Waals surface area (Å²) < 4.78 is 1.08. The minimum Gasteiger partial charge on any atom is -0.387 e. The topological polar surface area (TPSA) is 12.5 Å². The van der Waals surface area contributed by atoms with E-state index in [1.54, 1.807) is 6.26 Å². The van der Waals surface area contributed by atoms with Gasteiger partial charge in [-0.3, -0.25) is 0 Å². The molecule has 0 radical (unpaired) electrons. The Balaban J connectivity index is 2.18. The minimum atomic E-state index is 0.821. The molecule has 1 aliphatic heterocycles. The van der Waals surface area contributed by atoms with Crippen LogP contribution in [-0.4, -0.2) is 6.54 Å². The van der Waals surface area contributed by atoms with E-state index in [2.05, 4.69) is 15.9 Å². The Morgan fingerprint density at radius 3 is 2.58 bits per heavy atom. The minimum absolute atomic E-state index is 0.821. The average molecular weight is 226 g/mol. The molecular weight excluding hydrogens is 218 g/mol. The van der Waals surface area contributed by atoms with Gasteiger partial charge in [-0.05, 0) is 30.3 Å². The van der Waals surface area contributed by atoms with E-state index in [4.69, 9.17) is 4.84 Å². The van der Waals surface area contributed by atoms with Crippen molar-refractivity contribution in [1.82, 2.24) is 0 Å². The second-order valence-corrected chi connectivity index (χ2v) is 3.43. The molecule has 0 saturated carbocycles. The molecule has 0 unspecified atom stereocenters. The van der Waals surface area contributed by atoms with Crippen molar-refractivity contribution in [3.8, 4) is 0 Å². The molecule has 0 amide bonds. The van der Waals surface area contributed by atoms with Gasteiger partial charge in [-0.15, -0.1) is 0 Å². The SMILES string of the molecule is Brc1ccc(N2CC=CO2)cc1. The van der Waals surface area contributed by atoms with Crippen molar-refractivity contribution in [2.45, 2.75) is 0 Å². The van der Waals surface area contributed by atoms with Gasteiger partial charge in [0.1, 0.15) is 6.26 Å². The first kappa shape index (κ1) is 7.68. The van der Waals surface area contributed by atoms with E-state index in [0.717, 1.165) is 16.7 Å². The van der Waals surface area contributed by atoms with E-state index in [0.29, 0.717) is 0 Å². The molecule has 0 atom stereocenters. The van der Waals surface area contributed by atoms with Crippen molar-refractivity contribution in [2.24, 2.45) is 0 Å². The van der Waals surface area contributed by atoms with Crippen LogP contribution in [0.2, 0.25) is 0 Å². The molecule has 12 heavy (non-hydrogen) atoms. The molecule has 0 aliphatic carbocycles. The van der Waals surface area contributed by atoms with E-state index in [1.165, 1.54) is 0 Å². The lowest BCUT2D eigenvalue weighted by Crippen LogP contribution is -2.15. The fourth-order valence-corrected chi connectivity index (χ4v) is 1.34. The number of halogens is 1. The monoisotopic (exact) mass is 225 g/mol. The largest absolute Gasteiger partial charge is 0.387 e. The number of anilines is 1. The van der Waals surface area contributed by atoms with Crippen molar-refractivity contribution < 1.29 is 4.84 Å². The van der Waals surface area contributed by atoms with E-state index in [1.807, 2.05) is 35.4 Å². The zero-order chi connectivity index (χ0) is 8.39. The molecule has 0 fully saturated rings. The Labute approximate surface area is 79.5 Å². The van der Waals surface area contributed by atoms with Gasteiger partial charge in [-0.25, -0.2) is 5.06 Å². The highest BCUT2D eigenvalue weighted by atomic mass is 79.9. The first-order chi connectivity index (χ1) is 5.86. The van der Waals surface area contributed by atoms with Crippen LogP contribution >= 0.6 is 15.9 Å². The van der Waals surface area contributed by atoms with Gasteiger partial charge in [0.15, 0.2) is 0 Å². The van der Waals surface area contributed by atoms with Crippen LogP contribution in [-0.2, 0) is 4.84 Å². The first-order valence-electron chi connectivity index (χ1n) is 3.71. The molecule has 0 N–H and O–H groups in total. The summed E-state index contributed by atoms with van der Waals surface area (Å²) in [6.45, 7) is 0.821. The Morgan fingerprint density at radius 1 is 1.25 bits per heavy atom. The van der Waals surface area contributed by atoms with Gasteiger partial charge in [0.25, 0.3) is 0 Å². The third kappa shape index (κ3) is 1.46. The van der Waals surface area contributed by atoms with Crippen LogP contribution < -0.4 is 5.06 Å². The standard InChI is InChI=1S/C9H8BrNO/c10-8-2-4-9(5-3-8)11-6-1-7-12-11/h1-5,7H,6H2. The van der Waals surface area contributed by atoms with Crippen LogP contribution in [0.4, 0.5) is 5.69 Å². The highest BCUT2D eigenvalue weighted by Gasteiger charge is 2.07. The third-order valence-electron chi connectivity index (χ3n) is 1.67. The lowest BCUT2D eigenvalue weighted by Gasteiger charge is -2.15. The fourth-order valence-electron chi connectivity index (χ4n) is 1.07. The number of hydroxylamine groups is 1. The summed E-state index contributed by atoms with van der Waals surface area (Å²) in [5.41, 5.74) is 1.07. The van der Waals surface area contributed by atoms with E-state index in [-0.39, 0.29) is 0 Å². The summed E-state index contributed by atoms with van der Waals surface area (Å²) in [5, 5.41) is 1.83. The number of hydrogen-bond donors (Lipinski definition) is 0. The second kappa shape index (κ2) is 3.19. The Morgan fingerprint density at radius 2 is 2.00 bits per heavy atom. The quantitative estimate of drug-likeness (QED) is 0.729. The summed E-state index contributed by atoms with van der Waals surface area (Å²) >= 11 is 3.38. The summed E-state index contributed by atoms with van der Waals surface area (Å²) in [5.74, 6) is 0. The lowest BCUT2D eigenvalue weighted by atomic mass is 10.3. The number of rotatable bonds is 1. The summed E-state index contributed by atoms with van der Waals surface area (Å²) in [6.07, 6.45) is 3.67. The number of benzene rings is 1. The molecule has 2 rings (SSSR count). The maximum absolute atomic E-state index is 5.22. The second-order valence-electron chi connectivity index (χ2n) is 2.51. The Hall–Kier alpha value is -0.960. The Bertz CT molecular complexity index is 286. The molecule has 0 spiro atoms. The van der Waals surface area contributed by atoms with E-state index < -0.39 is 0 Å². The summed E-state index contributed by atoms with van der Waals surface area (Å²) in [7, 11) is 0. The van der Waals surface area contributed by atoms with Crippen LogP contribution in [0.5, 0.6) is 0 Å². The van der Waals surface area contributed by atoms with Gasteiger partial charge in [0, 0.05) is 4.47 Å². The normalized spacial score (nSPS) is 14.9. The van der Waals surface area contributed by atoms with Crippen molar-refractivity contribution in [1.29, 1.82) is 0 Å². The molecular formula is C9H8BrNO. The summed E-state index contributed by atoms with van der Waals surface area (Å²) in [4.78, 5) is 5.22. The third-order valence-corrected chi connectivity index (χ3v) is 2.20. The highest BCUT2D eigenvalue weighted by molar-refractivity contribution is 9.10. The van der Waals surface area contributed by atoms with Gasteiger partial charge in [-0.1, -0.05) is 15.9 Å². The van der Waals surface area contributed by atoms with Crippen molar-refractivity contribution in [3.63, 3.8) is 0 Å². The van der Waals surface area contributed by atoms with Crippen LogP contribution in [0.3, 0.4) is 0 Å². The van der Waals surface area contributed by atoms with Gasteiger partial charge in [-0.2, -0.15) is 0 Å². The molecule has 0 bridgehead atoms. The van der Waals surface area contributed by atoms with Gasteiger partial charge >= 0.3 is 0 Å². The van der Waals surface area contributed by atoms with Crippen molar-refractivity contribution in [3.05, 3.63) is 41.1 Å². The Kier molecular flexibility index (Phi) is 2.04. The van der Waals surface area contributed by atoms with Crippen LogP contribution in [0.1, 0.15) is 0 Å². The molecule has 1 aromatic rings. The fraction of sp³-hybridized carbons (Fsp3) is 0.111. The van der Waals surface area contributed by atoms with Gasteiger partial charge < -0.3 is 4.84 Å². The number of hydrogen-bond acceptors (Lipinski definition) is 2. The average Bonchev–Trinajstić information content (AvgIpc) is 2.58. The predicted octanol–water partition coefficient (Wildman–Crippen LogP) is 2.71. The molecule has 3 heteroatoms. The smallest absolute Gasteiger partial charge is 0.117 e. The van der Waals surface area contributed by atoms with Gasteiger partial charge in [0.05, 0.1) is 12.2 Å². The van der Waals surface area contributed by atoms with Crippen molar-refractivity contribution >= 4 is 21.6 Å². The molecule has 62 valence electrons. The molecule has 0 saturated heterocycles. The molecule has 2 nitrogen and oxygen atoms in total. The molecule has 1 aliphatic rings. The number of nitrogens with zero attached hydrogens (tertiary/aromatic N) is 1. The molecule has 1 aromatic carbocycles. The summed E-state index contributed by atoms with van der Waals surface area (Å²) in [6, 6.07) is 8.02. The van der Waals surface area contributed by atoms with E-state index in [9.17, 15) is 0 Å². The van der Waals surface area contributed by atoms with Gasteiger partial charge in [0.2, 0.25) is 0 Å². The van der Waals surface area contributed by atoms with E-state index >= 15 is 0 Å². The zero-order valence-electron chi connectivity index (χ0n) is 6.40. The van der Waals surface area contributed by atoms with Crippen LogP contribution in [0, 0.1) is 0 Å². The molecule has 0 aromatic heterocycles. The highest BCUT2D eigenvalue weighted by Crippen LogP contribution is 2.20. The van der Waals surface area contributed by atoms with Crippen LogP contribution in [0.25, 0.3) is 0 Å². The lowest BCUT2D eigenvalue weighted by molar-refractivity contribution is 0.246. The zero-order valence-corrected chi connectivity index (χ0v) is 7.99. The first-order valence-corrected chi connectivity index (χ1v) is 4.50. The van der Waals surface area contributed by atoms with Crippen molar-refractivity contribution in [2.75, 3.05) is 11.6 Å². The maximum Gasteiger partial charge on any atom is 0.117 e. The van der Waals surface area contributed by atoms with Crippen LogP contribution in [0.15, 0.2) is 41.1 Å². The predicted molar refractivity (Wildman–Crippen MR) is 51.7 cm³/mol.